The monoisotopic (exact) mass is 274 g/mol. The molecule has 0 saturated carbocycles. The second-order valence-electron chi connectivity index (χ2n) is 5.11. The highest BCUT2D eigenvalue weighted by molar-refractivity contribution is 7.99. The maximum absolute atomic E-state index is 4.10. The minimum Gasteiger partial charge on any atom is -0.322 e. The maximum atomic E-state index is 4.10. The Balaban J connectivity index is 1.79. The Morgan fingerprint density at radius 1 is 1.26 bits per heavy atom. The topological polar surface area (TPSA) is 15.3 Å². The predicted octanol–water partition coefficient (Wildman–Crippen LogP) is 3.37. The summed E-state index contributed by atoms with van der Waals surface area (Å²) < 4.78 is 0. The summed E-state index contributed by atoms with van der Waals surface area (Å²) in [5.41, 5.74) is 8.60. The smallest absolute Gasteiger partial charge is 0.0432 e. The van der Waals surface area contributed by atoms with Crippen LogP contribution in [0.2, 0.25) is 0 Å². The number of nitrogens with zero attached hydrogens (tertiary/aromatic N) is 1. The summed E-state index contributed by atoms with van der Waals surface area (Å²) in [6.07, 6.45) is 1.11. The zero-order valence-corrected chi connectivity index (χ0v) is 12.4. The van der Waals surface area contributed by atoms with Crippen molar-refractivity contribution >= 4 is 11.8 Å². The molecule has 102 valence electrons. The number of benzene rings is 1. The van der Waals surface area contributed by atoms with Gasteiger partial charge in [-0.2, -0.15) is 11.8 Å². The largest absolute Gasteiger partial charge is 0.322 e. The summed E-state index contributed by atoms with van der Waals surface area (Å²) in [6.45, 7) is 12.1. The van der Waals surface area contributed by atoms with Gasteiger partial charge < -0.3 is 5.43 Å². The van der Waals surface area contributed by atoms with E-state index in [1.807, 2.05) is 11.8 Å². The molecule has 0 spiro atoms. The molecule has 0 atom stereocenters. The van der Waals surface area contributed by atoms with Crippen molar-refractivity contribution in [3.63, 3.8) is 0 Å². The van der Waals surface area contributed by atoms with Crippen LogP contribution in [0.5, 0.6) is 0 Å². The van der Waals surface area contributed by atoms with Gasteiger partial charge in [0.1, 0.15) is 0 Å². The number of rotatable bonds is 6. The van der Waals surface area contributed by atoms with E-state index in [0.717, 1.165) is 36.7 Å². The lowest BCUT2D eigenvalue weighted by Gasteiger charge is -2.30. The van der Waals surface area contributed by atoms with Gasteiger partial charge in [0.2, 0.25) is 0 Å². The normalized spacial score (nSPS) is 14.8. The minimum absolute atomic E-state index is 0.936. The van der Waals surface area contributed by atoms with Crippen LogP contribution in [0.4, 0.5) is 0 Å². The summed E-state index contributed by atoms with van der Waals surface area (Å²) in [7, 11) is 0. The van der Waals surface area contributed by atoms with E-state index in [2.05, 4.69) is 54.8 Å². The van der Waals surface area contributed by atoms with Gasteiger partial charge in [0, 0.05) is 30.3 Å². The molecule has 1 aliphatic rings. The van der Waals surface area contributed by atoms with Gasteiger partial charge >= 0.3 is 0 Å². The van der Waals surface area contributed by atoms with Crippen LogP contribution in [-0.4, -0.2) is 23.1 Å². The van der Waals surface area contributed by atoms with E-state index in [-0.39, 0.29) is 0 Å². The number of nitrogens with one attached hydrogen (secondary N) is 1. The Morgan fingerprint density at radius 2 is 2.00 bits per heavy atom. The van der Waals surface area contributed by atoms with Crippen LogP contribution < -0.4 is 5.43 Å². The molecule has 1 aromatic rings. The van der Waals surface area contributed by atoms with Crippen molar-refractivity contribution in [1.82, 2.24) is 10.4 Å². The quantitative estimate of drug-likeness (QED) is 0.801. The third-order valence-electron chi connectivity index (χ3n) is 3.07. The molecule has 0 aromatic heterocycles. The third-order valence-corrected chi connectivity index (χ3v) is 4.32. The van der Waals surface area contributed by atoms with Gasteiger partial charge in [-0.15, -0.1) is 0 Å². The van der Waals surface area contributed by atoms with Gasteiger partial charge in [-0.1, -0.05) is 43.0 Å². The minimum atomic E-state index is 0.936. The van der Waals surface area contributed by atoms with Crippen molar-refractivity contribution < 1.29 is 0 Å². The zero-order chi connectivity index (χ0) is 13.7. The molecular weight excluding hydrogens is 252 g/mol. The average molecular weight is 274 g/mol. The highest BCUT2D eigenvalue weighted by Gasteiger charge is 2.15. The molecule has 1 aromatic carbocycles. The standard InChI is InChI=1S/C16H22N2S/c1-13(2)11-19-12-14(3)17-18-9-8-15-6-4-5-7-16(15)10-18/h4-7,17H,1,3,8-12H2,2H3. The average Bonchev–Trinajstić information content (AvgIpc) is 2.38. The van der Waals surface area contributed by atoms with Crippen LogP contribution in [0.1, 0.15) is 18.1 Å². The fourth-order valence-corrected chi connectivity index (χ4v) is 2.96. The molecule has 0 radical (unpaired) electrons. The molecule has 0 saturated heterocycles. The fraction of sp³-hybridized carbons (Fsp3) is 0.375. The van der Waals surface area contributed by atoms with Gasteiger partial charge in [0.25, 0.3) is 0 Å². The van der Waals surface area contributed by atoms with E-state index in [1.54, 1.807) is 0 Å². The summed E-state index contributed by atoms with van der Waals surface area (Å²) in [5.74, 6) is 1.94. The SMILES string of the molecule is C=C(C)CSCC(=C)NN1CCc2ccccc2C1. The second kappa shape index (κ2) is 6.83. The van der Waals surface area contributed by atoms with Crippen LogP contribution in [0.15, 0.2) is 48.7 Å². The first-order chi connectivity index (χ1) is 9.15. The van der Waals surface area contributed by atoms with E-state index < -0.39 is 0 Å². The predicted molar refractivity (Wildman–Crippen MR) is 85.0 cm³/mol. The molecular formula is C16H22N2S. The number of hydrazine groups is 1. The van der Waals surface area contributed by atoms with Crippen LogP contribution in [0, 0.1) is 0 Å². The molecule has 0 unspecified atom stereocenters. The molecule has 0 aliphatic carbocycles. The van der Waals surface area contributed by atoms with Crippen molar-refractivity contribution in [2.45, 2.75) is 19.9 Å². The number of hydrogen-bond donors (Lipinski definition) is 1. The molecule has 0 fully saturated rings. The van der Waals surface area contributed by atoms with Crippen molar-refractivity contribution in [2.75, 3.05) is 18.1 Å². The summed E-state index contributed by atoms with van der Waals surface area (Å²) >= 11 is 1.86. The van der Waals surface area contributed by atoms with E-state index in [4.69, 9.17) is 0 Å². The van der Waals surface area contributed by atoms with E-state index >= 15 is 0 Å². The van der Waals surface area contributed by atoms with E-state index in [1.165, 1.54) is 16.7 Å². The molecule has 0 amide bonds. The van der Waals surface area contributed by atoms with Crippen molar-refractivity contribution in [2.24, 2.45) is 0 Å². The Labute approximate surface area is 120 Å². The number of hydrogen-bond acceptors (Lipinski definition) is 3. The number of fused-ring (bicyclic) bond motifs is 1. The van der Waals surface area contributed by atoms with Gasteiger partial charge in [-0.05, 0) is 24.5 Å². The van der Waals surface area contributed by atoms with Crippen LogP contribution in [0.3, 0.4) is 0 Å². The molecule has 3 heteroatoms. The first kappa shape index (κ1) is 14.2. The Hall–Kier alpha value is -1.19. The van der Waals surface area contributed by atoms with Gasteiger partial charge in [0.15, 0.2) is 0 Å². The highest BCUT2D eigenvalue weighted by atomic mass is 32.2. The molecule has 0 bridgehead atoms. The lowest BCUT2D eigenvalue weighted by Crippen LogP contribution is -2.41. The van der Waals surface area contributed by atoms with E-state index in [9.17, 15) is 0 Å². The Kier molecular flexibility index (Phi) is 5.11. The molecule has 2 nitrogen and oxygen atoms in total. The number of thioether (sulfide) groups is 1. The van der Waals surface area contributed by atoms with Gasteiger partial charge in [-0.3, -0.25) is 0 Å². The summed E-state index contributed by atoms with van der Waals surface area (Å²) in [5, 5.41) is 2.26. The first-order valence-corrected chi connectivity index (χ1v) is 7.79. The van der Waals surface area contributed by atoms with Crippen molar-refractivity contribution in [3.8, 4) is 0 Å². The maximum Gasteiger partial charge on any atom is 0.0432 e. The third kappa shape index (κ3) is 4.44. The molecule has 2 rings (SSSR count). The second-order valence-corrected chi connectivity index (χ2v) is 6.09. The zero-order valence-electron chi connectivity index (χ0n) is 11.6. The highest BCUT2D eigenvalue weighted by Crippen LogP contribution is 2.18. The van der Waals surface area contributed by atoms with Crippen molar-refractivity contribution in [1.29, 1.82) is 0 Å². The Morgan fingerprint density at radius 3 is 2.74 bits per heavy atom. The molecule has 1 N–H and O–H groups in total. The van der Waals surface area contributed by atoms with Gasteiger partial charge in [-0.25, -0.2) is 5.01 Å². The lowest BCUT2D eigenvalue weighted by molar-refractivity contribution is 0.194. The molecule has 1 aliphatic heterocycles. The van der Waals surface area contributed by atoms with Crippen molar-refractivity contribution in [3.05, 3.63) is 59.8 Å². The Bertz CT molecular complexity index is 468. The van der Waals surface area contributed by atoms with E-state index in [0.29, 0.717) is 0 Å². The fourth-order valence-electron chi connectivity index (χ4n) is 2.20. The summed E-state index contributed by atoms with van der Waals surface area (Å²) in [6, 6.07) is 8.67. The molecule has 19 heavy (non-hydrogen) atoms. The lowest BCUT2D eigenvalue weighted by atomic mass is 10.0. The van der Waals surface area contributed by atoms with Crippen LogP contribution in [0.25, 0.3) is 0 Å². The van der Waals surface area contributed by atoms with Crippen LogP contribution in [-0.2, 0) is 13.0 Å². The summed E-state index contributed by atoms with van der Waals surface area (Å²) in [4.78, 5) is 0. The van der Waals surface area contributed by atoms with Crippen LogP contribution >= 0.6 is 11.8 Å². The first-order valence-electron chi connectivity index (χ1n) is 6.63. The molecule has 1 heterocycles. The van der Waals surface area contributed by atoms with Gasteiger partial charge in [0.05, 0.1) is 0 Å².